The third-order valence-electron chi connectivity index (χ3n) is 2.56. The van der Waals surface area contributed by atoms with Crippen LogP contribution in [0.1, 0.15) is 23.3 Å². The maximum atomic E-state index is 6.07. The Bertz CT molecular complexity index is 513. The molecule has 0 atom stereocenters. The summed E-state index contributed by atoms with van der Waals surface area (Å²) in [6.07, 6.45) is 3.49. The SMILES string of the molecule is CCc1nc(Cl)c(C)c(NCCc2nccs2)n1. The number of nitrogens with one attached hydrogen (secondary N) is 1. The first-order chi connectivity index (χ1) is 8.70. The molecule has 96 valence electrons. The van der Waals surface area contributed by atoms with Crippen LogP contribution in [0.15, 0.2) is 11.6 Å². The number of anilines is 1. The second-order valence-electron chi connectivity index (χ2n) is 3.86. The Morgan fingerprint density at radius 1 is 1.39 bits per heavy atom. The molecular weight excluding hydrogens is 268 g/mol. The summed E-state index contributed by atoms with van der Waals surface area (Å²) < 4.78 is 0. The average Bonchev–Trinajstić information content (AvgIpc) is 2.87. The zero-order valence-electron chi connectivity index (χ0n) is 10.4. The number of rotatable bonds is 5. The predicted octanol–water partition coefficient (Wildman–Crippen LogP) is 3.11. The van der Waals surface area contributed by atoms with E-state index in [1.807, 2.05) is 25.4 Å². The molecule has 0 fully saturated rings. The van der Waals surface area contributed by atoms with E-state index in [9.17, 15) is 0 Å². The Labute approximate surface area is 115 Å². The fourth-order valence-electron chi connectivity index (χ4n) is 1.53. The maximum Gasteiger partial charge on any atom is 0.137 e. The molecule has 1 N–H and O–H groups in total. The van der Waals surface area contributed by atoms with E-state index in [2.05, 4.69) is 20.3 Å². The van der Waals surface area contributed by atoms with Gasteiger partial charge in [-0.25, -0.2) is 15.0 Å². The lowest BCUT2D eigenvalue weighted by Gasteiger charge is -2.10. The van der Waals surface area contributed by atoms with Gasteiger partial charge in [0.25, 0.3) is 0 Å². The quantitative estimate of drug-likeness (QED) is 0.856. The van der Waals surface area contributed by atoms with E-state index < -0.39 is 0 Å². The van der Waals surface area contributed by atoms with Gasteiger partial charge in [0.05, 0.1) is 5.01 Å². The summed E-state index contributed by atoms with van der Waals surface area (Å²) in [5.74, 6) is 1.59. The van der Waals surface area contributed by atoms with Crippen molar-refractivity contribution < 1.29 is 0 Å². The summed E-state index contributed by atoms with van der Waals surface area (Å²) in [4.78, 5) is 12.9. The number of aryl methyl sites for hydroxylation is 1. The van der Waals surface area contributed by atoms with Crippen LogP contribution in [0.2, 0.25) is 5.15 Å². The van der Waals surface area contributed by atoms with Crippen molar-refractivity contribution in [1.82, 2.24) is 15.0 Å². The molecule has 0 amide bonds. The summed E-state index contributed by atoms with van der Waals surface area (Å²) in [7, 11) is 0. The van der Waals surface area contributed by atoms with Crippen LogP contribution in [0.25, 0.3) is 0 Å². The van der Waals surface area contributed by atoms with Crippen molar-refractivity contribution in [1.29, 1.82) is 0 Å². The fraction of sp³-hybridized carbons (Fsp3) is 0.417. The zero-order chi connectivity index (χ0) is 13.0. The zero-order valence-corrected chi connectivity index (χ0v) is 12.0. The Kier molecular flexibility index (Phi) is 4.49. The van der Waals surface area contributed by atoms with E-state index in [1.165, 1.54) is 0 Å². The van der Waals surface area contributed by atoms with Crippen molar-refractivity contribution in [3.05, 3.63) is 33.1 Å². The molecule has 2 heterocycles. The molecule has 0 aromatic carbocycles. The van der Waals surface area contributed by atoms with Gasteiger partial charge in [0, 0.05) is 36.5 Å². The molecule has 4 nitrogen and oxygen atoms in total. The molecule has 0 aliphatic carbocycles. The van der Waals surface area contributed by atoms with Crippen LogP contribution in [-0.4, -0.2) is 21.5 Å². The summed E-state index contributed by atoms with van der Waals surface area (Å²) in [6, 6.07) is 0. The van der Waals surface area contributed by atoms with Crippen LogP contribution in [0.5, 0.6) is 0 Å². The molecule has 0 aliphatic heterocycles. The number of nitrogens with zero attached hydrogens (tertiary/aromatic N) is 3. The highest BCUT2D eigenvalue weighted by atomic mass is 35.5. The number of hydrogen-bond acceptors (Lipinski definition) is 5. The van der Waals surface area contributed by atoms with E-state index in [0.29, 0.717) is 5.15 Å². The highest BCUT2D eigenvalue weighted by Gasteiger charge is 2.08. The standard InChI is InChI=1S/C12H15ClN4S/c1-3-9-16-11(13)8(2)12(17-9)15-5-4-10-14-6-7-18-10/h6-7H,3-5H2,1-2H3,(H,15,16,17). The van der Waals surface area contributed by atoms with Crippen LogP contribution in [-0.2, 0) is 12.8 Å². The molecule has 0 radical (unpaired) electrons. The third kappa shape index (κ3) is 3.17. The normalized spacial score (nSPS) is 10.6. The van der Waals surface area contributed by atoms with Gasteiger partial charge < -0.3 is 5.32 Å². The average molecular weight is 283 g/mol. The summed E-state index contributed by atoms with van der Waals surface area (Å²) in [5, 5.41) is 6.93. The number of hydrogen-bond donors (Lipinski definition) is 1. The van der Waals surface area contributed by atoms with Crippen LogP contribution in [0.3, 0.4) is 0 Å². The maximum absolute atomic E-state index is 6.07. The third-order valence-corrected chi connectivity index (χ3v) is 3.77. The van der Waals surface area contributed by atoms with E-state index >= 15 is 0 Å². The topological polar surface area (TPSA) is 50.7 Å². The highest BCUT2D eigenvalue weighted by Crippen LogP contribution is 2.20. The minimum absolute atomic E-state index is 0.526. The van der Waals surface area contributed by atoms with Gasteiger partial charge in [-0.1, -0.05) is 18.5 Å². The van der Waals surface area contributed by atoms with Crippen molar-refractivity contribution in [3.63, 3.8) is 0 Å². The fourth-order valence-corrected chi connectivity index (χ4v) is 2.33. The van der Waals surface area contributed by atoms with Crippen molar-refractivity contribution >= 4 is 28.8 Å². The molecule has 0 spiro atoms. The molecule has 18 heavy (non-hydrogen) atoms. The molecule has 0 unspecified atom stereocenters. The molecule has 6 heteroatoms. The predicted molar refractivity (Wildman–Crippen MR) is 75.5 cm³/mol. The van der Waals surface area contributed by atoms with Crippen molar-refractivity contribution in [2.24, 2.45) is 0 Å². The molecule has 0 saturated carbocycles. The number of halogens is 1. The first-order valence-electron chi connectivity index (χ1n) is 5.86. The summed E-state index contributed by atoms with van der Waals surface area (Å²) in [5.41, 5.74) is 0.896. The van der Waals surface area contributed by atoms with Gasteiger partial charge in [0.15, 0.2) is 0 Å². The second-order valence-corrected chi connectivity index (χ2v) is 5.20. The smallest absolute Gasteiger partial charge is 0.137 e. The largest absolute Gasteiger partial charge is 0.369 e. The molecular formula is C12H15ClN4S. The van der Waals surface area contributed by atoms with Crippen LogP contribution in [0.4, 0.5) is 5.82 Å². The first kappa shape index (κ1) is 13.2. The Hall–Kier alpha value is -1.20. The van der Waals surface area contributed by atoms with Gasteiger partial charge in [-0.15, -0.1) is 11.3 Å². The molecule has 2 aromatic rings. The van der Waals surface area contributed by atoms with Gasteiger partial charge >= 0.3 is 0 Å². The van der Waals surface area contributed by atoms with E-state index in [4.69, 9.17) is 11.6 Å². The van der Waals surface area contributed by atoms with Gasteiger partial charge in [0.1, 0.15) is 16.8 Å². The van der Waals surface area contributed by atoms with Crippen LogP contribution in [0, 0.1) is 6.92 Å². The van der Waals surface area contributed by atoms with Crippen LogP contribution >= 0.6 is 22.9 Å². The van der Waals surface area contributed by atoms with Crippen molar-refractivity contribution in [3.8, 4) is 0 Å². The van der Waals surface area contributed by atoms with Gasteiger partial charge in [-0.2, -0.15) is 0 Å². The minimum Gasteiger partial charge on any atom is -0.369 e. The van der Waals surface area contributed by atoms with Gasteiger partial charge in [-0.05, 0) is 6.92 Å². The van der Waals surface area contributed by atoms with Gasteiger partial charge in [-0.3, -0.25) is 0 Å². The van der Waals surface area contributed by atoms with Gasteiger partial charge in [0.2, 0.25) is 0 Å². The Morgan fingerprint density at radius 3 is 2.89 bits per heavy atom. The second kappa shape index (κ2) is 6.11. The number of thiazole rings is 1. The molecule has 0 aliphatic rings. The van der Waals surface area contributed by atoms with E-state index in [-0.39, 0.29) is 0 Å². The Morgan fingerprint density at radius 2 is 2.22 bits per heavy atom. The van der Waals surface area contributed by atoms with E-state index in [1.54, 1.807) is 11.3 Å². The molecule has 0 saturated heterocycles. The lowest BCUT2D eigenvalue weighted by Crippen LogP contribution is -2.10. The molecule has 2 rings (SSSR count). The van der Waals surface area contributed by atoms with Crippen LogP contribution < -0.4 is 5.32 Å². The monoisotopic (exact) mass is 282 g/mol. The van der Waals surface area contributed by atoms with Crippen molar-refractivity contribution in [2.45, 2.75) is 26.7 Å². The van der Waals surface area contributed by atoms with E-state index in [0.717, 1.165) is 41.6 Å². The minimum atomic E-state index is 0.526. The summed E-state index contributed by atoms with van der Waals surface area (Å²) in [6.45, 7) is 4.73. The molecule has 0 bridgehead atoms. The molecule has 2 aromatic heterocycles. The summed E-state index contributed by atoms with van der Waals surface area (Å²) >= 11 is 7.74. The lowest BCUT2D eigenvalue weighted by atomic mass is 10.3. The number of aromatic nitrogens is 3. The highest BCUT2D eigenvalue weighted by molar-refractivity contribution is 7.09. The Balaban J connectivity index is 2.02. The van der Waals surface area contributed by atoms with Crippen molar-refractivity contribution in [2.75, 3.05) is 11.9 Å². The lowest BCUT2D eigenvalue weighted by molar-refractivity contribution is 0.913. The first-order valence-corrected chi connectivity index (χ1v) is 7.11.